The SMILES string of the molecule is C=CCOC1=C(OC)C=C[C@]2(C(=O)NC)C=C1Oc1ccc(cc1[N+](=O)[O-])[C@@H](O)[C@@H](NC(=O)[C@@H](CC(C)C)N(C)C(=O)OC(C)(C)C)C(=O)N[C@@H](CC(=O)NC(c1ccc(OC)cc1)c1ccc(OC)cc1)C(=O)N2. The molecule has 22 nitrogen and oxygen atoms in total. The smallest absolute Gasteiger partial charge is 0.410 e. The lowest BCUT2D eigenvalue weighted by Gasteiger charge is -2.33. The number of amides is 6. The zero-order valence-electron chi connectivity index (χ0n) is 43.5. The number of carbonyl (C=O) groups is 6. The number of benzene rings is 3. The van der Waals surface area contributed by atoms with Crippen molar-refractivity contribution in [2.75, 3.05) is 42.0 Å². The molecular weight excluding hydrogens is 975 g/mol. The van der Waals surface area contributed by atoms with Gasteiger partial charge in [0.05, 0.1) is 38.7 Å². The minimum absolute atomic E-state index is 0.0282. The normalized spacial score (nSPS) is 19.1. The Bertz CT molecular complexity index is 2670. The second-order valence-electron chi connectivity index (χ2n) is 18.8. The highest BCUT2D eigenvalue weighted by atomic mass is 16.6. The van der Waals surface area contributed by atoms with Crippen molar-refractivity contribution in [1.82, 2.24) is 31.5 Å². The summed E-state index contributed by atoms with van der Waals surface area (Å²) in [6, 6.07) is 10.6. The van der Waals surface area contributed by atoms with E-state index < -0.39 is 99.8 Å². The number of aliphatic hydroxyl groups is 1. The molecule has 6 N–H and O–H groups in total. The maximum atomic E-state index is 15.1. The minimum atomic E-state index is -2.31. The number of ether oxygens (including phenoxy) is 6. The summed E-state index contributed by atoms with van der Waals surface area (Å²) < 4.78 is 34.0. The monoisotopic (exact) mass is 1040 g/mol. The van der Waals surface area contributed by atoms with Gasteiger partial charge in [0.2, 0.25) is 35.1 Å². The lowest BCUT2D eigenvalue weighted by atomic mass is 9.95. The predicted molar refractivity (Wildman–Crippen MR) is 273 cm³/mol. The summed E-state index contributed by atoms with van der Waals surface area (Å²) in [6.45, 7) is 12.0. The first-order valence-corrected chi connectivity index (χ1v) is 23.7. The zero-order chi connectivity index (χ0) is 55.4. The van der Waals surface area contributed by atoms with E-state index in [4.69, 9.17) is 28.4 Å². The molecule has 0 saturated carbocycles. The summed E-state index contributed by atoms with van der Waals surface area (Å²) in [5, 5.41) is 38.1. The number of aliphatic hydroxyl groups excluding tert-OH is 1. The second kappa shape index (κ2) is 25.0. The van der Waals surface area contributed by atoms with E-state index in [1.54, 1.807) is 83.1 Å². The van der Waals surface area contributed by atoms with Crippen LogP contribution in [0.3, 0.4) is 0 Å². The van der Waals surface area contributed by atoms with Crippen molar-refractivity contribution in [1.29, 1.82) is 0 Å². The van der Waals surface area contributed by atoms with E-state index in [0.29, 0.717) is 22.6 Å². The summed E-state index contributed by atoms with van der Waals surface area (Å²) in [5.41, 5.74) is -3.17. The lowest BCUT2D eigenvalue weighted by Crippen LogP contribution is -2.63. The number of nitrogens with zero attached hydrogens (tertiary/aromatic N) is 2. The van der Waals surface area contributed by atoms with E-state index in [1.165, 1.54) is 59.7 Å². The maximum absolute atomic E-state index is 15.1. The highest BCUT2D eigenvalue weighted by Crippen LogP contribution is 2.37. The third-order valence-corrected chi connectivity index (χ3v) is 11.8. The molecule has 4 bridgehead atoms. The third-order valence-electron chi connectivity index (χ3n) is 11.8. The molecule has 6 rings (SSSR count). The quantitative estimate of drug-likeness (QED) is 0.0572. The van der Waals surface area contributed by atoms with Gasteiger partial charge in [-0.25, -0.2) is 4.79 Å². The van der Waals surface area contributed by atoms with Crippen LogP contribution in [0.25, 0.3) is 0 Å². The first-order valence-electron chi connectivity index (χ1n) is 23.7. The minimum Gasteiger partial charge on any atom is -0.497 e. The van der Waals surface area contributed by atoms with Gasteiger partial charge >= 0.3 is 11.8 Å². The lowest BCUT2D eigenvalue weighted by molar-refractivity contribution is -0.385. The Morgan fingerprint density at radius 3 is 2.09 bits per heavy atom. The van der Waals surface area contributed by atoms with Crippen molar-refractivity contribution in [3.63, 3.8) is 0 Å². The Morgan fingerprint density at radius 1 is 0.960 bits per heavy atom. The molecule has 22 heteroatoms. The Hall–Kier alpha value is -8.40. The van der Waals surface area contributed by atoms with Crippen LogP contribution in [0.4, 0.5) is 10.5 Å². The Balaban J connectivity index is 1.72. The molecule has 2 aliphatic heterocycles. The van der Waals surface area contributed by atoms with Gasteiger partial charge in [-0.05, 0) is 92.3 Å². The van der Waals surface area contributed by atoms with Crippen LogP contribution >= 0.6 is 0 Å². The van der Waals surface area contributed by atoms with Crippen LogP contribution in [0.2, 0.25) is 0 Å². The molecule has 1 aliphatic carbocycles. The average molecular weight is 1040 g/mol. The van der Waals surface area contributed by atoms with Gasteiger partial charge in [-0.3, -0.25) is 39.0 Å². The van der Waals surface area contributed by atoms with Gasteiger partial charge in [0, 0.05) is 26.2 Å². The summed E-state index contributed by atoms with van der Waals surface area (Å²) >= 11 is 0. The molecule has 6 amide bonds. The topological polar surface area (TPSA) is 285 Å². The van der Waals surface area contributed by atoms with E-state index in [2.05, 4.69) is 33.2 Å². The fraction of sp³-hybridized carbons (Fsp3) is 0.396. The van der Waals surface area contributed by atoms with Crippen molar-refractivity contribution >= 4 is 41.3 Å². The van der Waals surface area contributed by atoms with Gasteiger partial charge in [0.25, 0.3) is 5.91 Å². The Kier molecular flexibility index (Phi) is 19.2. The molecule has 0 radical (unpaired) electrons. The van der Waals surface area contributed by atoms with Crippen molar-refractivity contribution in [2.45, 2.75) is 88.9 Å². The van der Waals surface area contributed by atoms with Gasteiger partial charge in [-0.1, -0.05) is 56.8 Å². The molecule has 0 unspecified atom stereocenters. The van der Waals surface area contributed by atoms with E-state index in [1.807, 2.05) is 0 Å². The summed E-state index contributed by atoms with van der Waals surface area (Å²) in [6.07, 6.45) is 1.14. The number of fused-ring (bicyclic) bond motifs is 8. The molecule has 402 valence electrons. The Labute approximate surface area is 434 Å². The first-order chi connectivity index (χ1) is 35.5. The highest BCUT2D eigenvalue weighted by Gasteiger charge is 2.44. The molecule has 2 heterocycles. The van der Waals surface area contributed by atoms with Gasteiger partial charge in [0.1, 0.15) is 47.9 Å². The van der Waals surface area contributed by atoms with E-state index >= 15 is 9.59 Å². The van der Waals surface area contributed by atoms with Crippen molar-refractivity contribution in [2.24, 2.45) is 5.92 Å². The van der Waals surface area contributed by atoms with Crippen molar-refractivity contribution in [3.05, 3.63) is 142 Å². The molecule has 75 heavy (non-hydrogen) atoms. The zero-order valence-corrected chi connectivity index (χ0v) is 43.5. The standard InChI is InChI=1S/C53H65N7O15/c1-12-25-73-46-40(72-11)23-24-53(50(66)54-7)29-41(46)74-39-22-17-33(27-37(39)60(68)69)45(62)44(57-48(64)38(26-30(2)3)59(8)51(67)75-52(4,5)6)49(65)55-36(47(63)58-53)28-42(61)56-43(31-13-18-34(70-9)19-14-31)32-15-20-35(71-10)21-16-32/h12-24,27,29-30,36,38,43-45,62H,1,25-26,28H2,2-11H3,(H,54,66)(H,55,65)(H,56,61)(H,57,64)(H,58,63)/t36-,38+,44+,45+,53+/m0/s1. The van der Waals surface area contributed by atoms with Gasteiger partial charge in [0.15, 0.2) is 17.1 Å². The van der Waals surface area contributed by atoms with Crippen LogP contribution in [0, 0.1) is 16.0 Å². The number of nitro groups is 1. The molecule has 0 fully saturated rings. The second-order valence-corrected chi connectivity index (χ2v) is 18.8. The first kappa shape index (κ1) is 57.5. The van der Waals surface area contributed by atoms with Crippen LogP contribution in [-0.4, -0.2) is 122 Å². The van der Waals surface area contributed by atoms with Crippen LogP contribution in [0.1, 0.15) is 76.3 Å². The molecule has 3 aromatic carbocycles. The Morgan fingerprint density at radius 2 is 1.57 bits per heavy atom. The fourth-order valence-corrected chi connectivity index (χ4v) is 7.99. The van der Waals surface area contributed by atoms with Crippen LogP contribution in [0.5, 0.6) is 17.2 Å². The number of hydrogen-bond acceptors (Lipinski definition) is 15. The molecule has 0 spiro atoms. The molecular formula is C53H65N7O15. The number of likely N-dealkylation sites (N-methyl/N-ethyl adjacent to an activating group) is 2. The van der Waals surface area contributed by atoms with Crippen LogP contribution < -0.4 is 40.8 Å². The molecule has 0 saturated heterocycles. The summed E-state index contributed by atoms with van der Waals surface area (Å²) in [7, 11) is 6.86. The number of methoxy groups -OCH3 is 3. The van der Waals surface area contributed by atoms with E-state index in [0.717, 1.165) is 23.1 Å². The summed E-state index contributed by atoms with van der Waals surface area (Å²) in [5.74, 6) is -5.41. The maximum Gasteiger partial charge on any atom is 0.410 e. The largest absolute Gasteiger partial charge is 0.497 e. The molecule has 5 atom stereocenters. The average Bonchev–Trinajstić information content (AvgIpc) is 3.52. The number of rotatable bonds is 18. The van der Waals surface area contributed by atoms with Gasteiger partial charge < -0.3 is 60.1 Å². The fourth-order valence-electron chi connectivity index (χ4n) is 7.99. The van der Waals surface area contributed by atoms with E-state index in [-0.39, 0.29) is 41.8 Å². The number of nitrogens with one attached hydrogen (secondary N) is 5. The van der Waals surface area contributed by atoms with Crippen LogP contribution in [-0.2, 0) is 38.2 Å². The molecule has 3 aliphatic rings. The number of nitro benzene ring substituents is 1. The van der Waals surface area contributed by atoms with Gasteiger partial charge in [-0.15, -0.1) is 0 Å². The van der Waals surface area contributed by atoms with E-state index in [9.17, 15) is 34.4 Å². The van der Waals surface area contributed by atoms with Gasteiger partial charge in [-0.2, -0.15) is 0 Å². The number of hydrogen-bond donors (Lipinski definition) is 6. The number of allylic oxidation sites excluding steroid dienone is 1. The van der Waals surface area contributed by atoms with Crippen molar-refractivity contribution < 1.29 is 67.2 Å². The number of carbonyl (C=O) groups excluding carboxylic acids is 6. The van der Waals surface area contributed by atoms with Crippen molar-refractivity contribution in [3.8, 4) is 17.2 Å². The highest BCUT2D eigenvalue weighted by molar-refractivity contribution is 6.00. The molecule has 0 aromatic heterocycles. The van der Waals surface area contributed by atoms with Crippen LogP contribution in [0.15, 0.2) is 115 Å². The predicted octanol–water partition coefficient (Wildman–Crippen LogP) is 4.70. The summed E-state index contributed by atoms with van der Waals surface area (Å²) in [4.78, 5) is 100.0. The molecule has 3 aromatic rings. The third kappa shape index (κ3) is 14.4.